The number of non-ortho nitro benzene ring substituents is 1. The van der Waals surface area contributed by atoms with E-state index in [0.717, 1.165) is 35.2 Å². The van der Waals surface area contributed by atoms with Gasteiger partial charge >= 0.3 is 0 Å². The van der Waals surface area contributed by atoms with Crippen LogP contribution >= 0.6 is 15.9 Å². The van der Waals surface area contributed by atoms with Crippen molar-refractivity contribution in [3.8, 4) is 11.5 Å². The fourth-order valence-corrected chi connectivity index (χ4v) is 3.17. The number of hydrogen-bond donors (Lipinski definition) is 1. The molecule has 0 radical (unpaired) electrons. The Kier molecular flexibility index (Phi) is 10.1. The Bertz CT molecular complexity index is 812. The maximum absolute atomic E-state index is 10.8. The van der Waals surface area contributed by atoms with Crippen molar-refractivity contribution in [3.05, 3.63) is 62.1 Å². The number of nitro benzene ring substituents is 1. The van der Waals surface area contributed by atoms with Gasteiger partial charge in [0.2, 0.25) is 0 Å². The first kappa shape index (κ1) is 24.1. The highest BCUT2D eigenvalue weighted by Gasteiger charge is 2.12. The zero-order chi connectivity index (χ0) is 21.9. The molecule has 0 amide bonds. The lowest BCUT2D eigenvalue weighted by Gasteiger charge is -2.16. The predicted octanol–water partition coefficient (Wildman–Crippen LogP) is 5.24. The molecule has 2 rings (SSSR count). The highest BCUT2D eigenvalue weighted by molar-refractivity contribution is 9.10. The van der Waals surface area contributed by atoms with E-state index in [1.165, 1.54) is 12.1 Å². The Balaban J connectivity index is 1.96. The van der Waals surface area contributed by atoms with E-state index < -0.39 is 4.92 Å². The topological polar surface area (TPSA) is 82.9 Å². The summed E-state index contributed by atoms with van der Waals surface area (Å²) in [6.07, 6.45) is 1.20. The lowest BCUT2D eigenvalue weighted by molar-refractivity contribution is -0.384. The van der Waals surface area contributed by atoms with Gasteiger partial charge in [0, 0.05) is 29.8 Å². The summed E-state index contributed by atoms with van der Waals surface area (Å²) in [4.78, 5) is 10.4. The molecule has 0 aliphatic rings. The van der Waals surface area contributed by atoms with Crippen LogP contribution in [0.5, 0.6) is 11.5 Å². The highest BCUT2D eigenvalue weighted by atomic mass is 79.9. The van der Waals surface area contributed by atoms with Crippen molar-refractivity contribution in [2.75, 3.05) is 19.8 Å². The Morgan fingerprint density at radius 2 is 1.83 bits per heavy atom. The summed E-state index contributed by atoms with van der Waals surface area (Å²) in [5.41, 5.74) is 1.98. The molecule has 164 valence electrons. The number of benzene rings is 2. The minimum Gasteiger partial charge on any atom is -0.490 e. The van der Waals surface area contributed by atoms with E-state index in [4.69, 9.17) is 14.2 Å². The molecule has 0 atom stereocenters. The van der Waals surface area contributed by atoms with Crippen LogP contribution in [0.15, 0.2) is 40.9 Å². The van der Waals surface area contributed by atoms with Crippen molar-refractivity contribution in [2.45, 2.75) is 46.4 Å². The zero-order valence-electron chi connectivity index (χ0n) is 17.7. The normalized spacial score (nSPS) is 11.0. The van der Waals surface area contributed by atoms with E-state index in [1.807, 2.05) is 32.9 Å². The fourth-order valence-electron chi connectivity index (χ4n) is 2.71. The van der Waals surface area contributed by atoms with Crippen LogP contribution in [-0.4, -0.2) is 30.8 Å². The van der Waals surface area contributed by atoms with Gasteiger partial charge in [-0.3, -0.25) is 10.1 Å². The molecular weight excluding hydrogens is 452 g/mol. The summed E-state index contributed by atoms with van der Waals surface area (Å²) in [6.45, 7) is 9.11. The van der Waals surface area contributed by atoms with Crippen LogP contribution < -0.4 is 14.8 Å². The van der Waals surface area contributed by atoms with Gasteiger partial charge in [-0.15, -0.1) is 0 Å². The van der Waals surface area contributed by atoms with Crippen LogP contribution in [0.25, 0.3) is 0 Å². The second kappa shape index (κ2) is 12.5. The number of nitrogens with zero attached hydrogens (tertiary/aromatic N) is 1. The largest absolute Gasteiger partial charge is 0.490 e. The molecule has 0 saturated heterocycles. The molecule has 0 aliphatic heterocycles. The molecular formula is C22H29BrN2O5. The number of ether oxygens (including phenoxy) is 3. The lowest BCUT2D eigenvalue weighted by atomic mass is 10.2. The van der Waals surface area contributed by atoms with Crippen LogP contribution in [-0.2, 0) is 17.9 Å². The van der Waals surface area contributed by atoms with Crippen LogP contribution in [0, 0.1) is 10.1 Å². The highest BCUT2D eigenvalue weighted by Crippen LogP contribution is 2.34. The molecule has 0 unspecified atom stereocenters. The predicted molar refractivity (Wildman–Crippen MR) is 120 cm³/mol. The first-order valence-corrected chi connectivity index (χ1v) is 10.8. The summed E-state index contributed by atoms with van der Waals surface area (Å²) in [6, 6.07) is 10.2. The maximum atomic E-state index is 10.8. The Morgan fingerprint density at radius 3 is 2.47 bits per heavy atom. The number of rotatable bonds is 13. The molecule has 8 heteroatoms. The van der Waals surface area contributed by atoms with Crippen molar-refractivity contribution in [1.82, 2.24) is 5.32 Å². The summed E-state index contributed by atoms with van der Waals surface area (Å²) in [5.74, 6) is 1.29. The van der Waals surface area contributed by atoms with Gasteiger partial charge in [-0.05, 0) is 69.1 Å². The van der Waals surface area contributed by atoms with Crippen molar-refractivity contribution < 1.29 is 19.1 Å². The third-order valence-corrected chi connectivity index (χ3v) is 4.96. The summed E-state index contributed by atoms with van der Waals surface area (Å²) >= 11 is 3.61. The number of nitrogens with one attached hydrogen (secondary N) is 1. The Labute approximate surface area is 186 Å². The molecule has 0 aromatic heterocycles. The summed E-state index contributed by atoms with van der Waals surface area (Å²) in [5, 5.41) is 14.2. The van der Waals surface area contributed by atoms with E-state index >= 15 is 0 Å². The van der Waals surface area contributed by atoms with E-state index in [2.05, 4.69) is 21.2 Å². The maximum Gasteiger partial charge on any atom is 0.269 e. The Hall–Kier alpha value is -2.16. The van der Waals surface area contributed by atoms with Gasteiger partial charge < -0.3 is 19.5 Å². The molecule has 1 N–H and O–H groups in total. The van der Waals surface area contributed by atoms with Crippen molar-refractivity contribution in [3.63, 3.8) is 0 Å². The molecule has 0 fully saturated rings. The molecule has 0 heterocycles. The van der Waals surface area contributed by atoms with Crippen LogP contribution in [0.1, 0.15) is 38.3 Å². The van der Waals surface area contributed by atoms with E-state index in [0.29, 0.717) is 24.7 Å². The average molecular weight is 481 g/mol. The summed E-state index contributed by atoms with van der Waals surface area (Å²) < 4.78 is 18.2. The van der Waals surface area contributed by atoms with Gasteiger partial charge in [0.25, 0.3) is 5.69 Å². The van der Waals surface area contributed by atoms with Crippen LogP contribution in [0.2, 0.25) is 0 Å². The van der Waals surface area contributed by atoms with Gasteiger partial charge in [0.1, 0.15) is 6.61 Å². The van der Waals surface area contributed by atoms with Crippen LogP contribution in [0.4, 0.5) is 5.69 Å². The third kappa shape index (κ3) is 7.93. The van der Waals surface area contributed by atoms with Gasteiger partial charge in [0.15, 0.2) is 11.5 Å². The third-order valence-electron chi connectivity index (χ3n) is 4.22. The molecule has 0 spiro atoms. The average Bonchev–Trinajstić information content (AvgIpc) is 2.71. The van der Waals surface area contributed by atoms with Crippen LogP contribution in [0.3, 0.4) is 0 Å². The minimum absolute atomic E-state index is 0.0594. The van der Waals surface area contributed by atoms with Gasteiger partial charge in [0.05, 0.1) is 17.6 Å². The Morgan fingerprint density at radius 1 is 1.13 bits per heavy atom. The molecule has 0 bridgehead atoms. The molecule has 2 aromatic carbocycles. The SMILES string of the molecule is CCOc1cc(CNCCCOC(C)C)c(Br)cc1OCc1ccc([N+](=O)[O-])cc1. The second-order valence-corrected chi connectivity index (χ2v) is 7.84. The van der Waals surface area contributed by atoms with E-state index in [1.54, 1.807) is 12.1 Å². The number of halogens is 1. The first-order valence-electron chi connectivity index (χ1n) is 10.0. The van der Waals surface area contributed by atoms with Crippen molar-refractivity contribution in [1.29, 1.82) is 0 Å². The standard InChI is InChI=1S/C22H29BrN2O5/c1-4-28-21-12-18(14-24-10-5-11-29-16(2)3)20(23)13-22(21)30-15-17-6-8-19(9-7-17)25(26)27/h6-9,12-13,16,24H,4-5,10-11,14-15H2,1-3H3. The number of hydrogen-bond acceptors (Lipinski definition) is 6. The zero-order valence-corrected chi connectivity index (χ0v) is 19.2. The quantitative estimate of drug-likeness (QED) is 0.239. The number of nitro groups is 1. The van der Waals surface area contributed by atoms with Gasteiger partial charge in [-0.2, -0.15) is 0 Å². The van der Waals surface area contributed by atoms with Gasteiger partial charge in [-0.1, -0.05) is 15.9 Å². The summed E-state index contributed by atoms with van der Waals surface area (Å²) in [7, 11) is 0. The first-order chi connectivity index (χ1) is 14.4. The fraction of sp³-hybridized carbons (Fsp3) is 0.455. The van der Waals surface area contributed by atoms with E-state index in [-0.39, 0.29) is 18.4 Å². The molecule has 2 aromatic rings. The lowest BCUT2D eigenvalue weighted by Crippen LogP contribution is -2.17. The molecule has 30 heavy (non-hydrogen) atoms. The smallest absolute Gasteiger partial charge is 0.269 e. The van der Waals surface area contributed by atoms with E-state index in [9.17, 15) is 10.1 Å². The molecule has 7 nitrogen and oxygen atoms in total. The minimum atomic E-state index is -0.418. The monoisotopic (exact) mass is 480 g/mol. The second-order valence-electron chi connectivity index (χ2n) is 6.99. The van der Waals surface area contributed by atoms with Gasteiger partial charge in [-0.25, -0.2) is 0 Å². The molecule has 0 aliphatic carbocycles. The van der Waals surface area contributed by atoms with Crippen molar-refractivity contribution in [2.24, 2.45) is 0 Å². The molecule has 0 saturated carbocycles. The van der Waals surface area contributed by atoms with Crippen molar-refractivity contribution >= 4 is 21.6 Å².